The molecule has 0 saturated carbocycles. The Balaban J connectivity index is 1.36. The molecule has 4 rings (SSSR count). The second kappa shape index (κ2) is 9.63. The minimum absolute atomic E-state index is 0.100. The Morgan fingerprint density at radius 1 is 0.871 bits per heavy atom. The molecular formula is C23H16FN3O2S2. The molecule has 1 heterocycles. The fourth-order valence-electron chi connectivity index (χ4n) is 2.79. The lowest BCUT2D eigenvalue weighted by molar-refractivity contribution is 0.102. The van der Waals surface area contributed by atoms with Gasteiger partial charge in [0.05, 0.1) is 0 Å². The number of nitrogens with zero attached hydrogens (tertiary/aromatic N) is 2. The van der Waals surface area contributed by atoms with Crippen molar-refractivity contribution in [1.82, 2.24) is 10.2 Å². The van der Waals surface area contributed by atoms with Crippen LogP contribution in [-0.2, 0) is 5.75 Å². The topological polar surface area (TPSA) is 72.0 Å². The van der Waals surface area contributed by atoms with Crippen molar-refractivity contribution in [3.8, 4) is 0 Å². The predicted molar refractivity (Wildman–Crippen MR) is 120 cm³/mol. The molecule has 0 radical (unpaired) electrons. The third kappa shape index (κ3) is 5.42. The van der Waals surface area contributed by atoms with Gasteiger partial charge in [0.1, 0.15) is 5.82 Å². The number of rotatable bonds is 7. The molecule has 8 heteroatoms. The van der Waals surface area contributed by atoms with E-state index in [1.54, 1.807) is 42.5 Å². The molecule has 4 aromatic rings. The van der Waals surface area contributed by atoms with Crippen molar-refractivity contribution < 1.29 is 14.0 Å². The molecule has 5 nitrogen and oxygen atoms in total. The third-order valence-corrected chi connectivity index (χ3v) is 6.37. The summed E-state index contributed by atoms with van der Waals surface area (Å²) in [6.07, 6.45) is 0. The van der Waals surface area contributed by atoms with E-state index < -0.39 is 0 Å². The number of hydrogen-bond donors (Lipinski definition) is 1. The van der Waals surface area contributed by atoms with E-state index in [4.69, 9.17) is 0 Å². The second-order valence-electron chi connectivity index (χ2n) is 6.52. The number of halogens is 1. The number of amides is 1. The molecule has 0 spiro atoms. The van der Waals surface area contributed by atoms with Crippen LogP contribution in [-0.4, -0.2) is 21.9 Å². The lowest BCUT2D eigenvalue weighted by Crippen LogP contribution is -2.12. The van der Waals surface area contributed by atoms with Gasteiger partial charge in [0.15, 0.2) is 10.1 Å². The van der Waals surface area contributed by atoms with Gasteiger partial charge in [0, 0.05) is 22.4 Å². The minimum Gasteiger partial charge on any atom is -0.296 e. The number of ketones is 1. The Labute approximate surface area is 186 Å². The van der Waals surface area contributed by atoms with Crippen LogP contribution in [0.3, 0.4) is 0 Å². The van der Waals surface area contributed by atoms with Crippen LogP contribution in [0, 0.1) is 5.82 Å². The molecule has 1 aromatic heterocycles. The van der Waals surface area contributed by atoms with Gasteiger partial charge in [-0.15, -0.1) is 10.2 Å². The Kier molecular flexibility index (Phi) is 6.49. The summed E-state index contributed by atoms with van der Waals surface area (Å²) in [6, 6.07) is 21.8. The third-order valence-electron chi connectivity index (χ3n) is 4.32. The monoisotopic (exact) mass is 449 g/mol. The van der Waals surface area contributed by atoms with E-state index in [0.29, 0.717) is 31.9 Å². The second-order valence-corrected chi connectivity index (χ2v) is 8.72. The summed E-state index contributed by atoms with van der Waals surface area (Å²) in [5, 5.41) is 11.1. The maximum absolute atomic E-state index is 13.3. The van der Waals surface area contributed by atoms with Crippen LogP contribution < -0.4 is 5.32 Å². The number of nitrogens with one attached hydrogen (secondary N) is 1. The number of carbonyl (C=O) groups is 2. The summed E-state index contributed by atoms with van der Waals surface area (Å²) in [4.78, 5) is 24.9. The first-order valence-electron chi connectivity index (χ1n) is 9.30. The molecule has 0 saturated heterocycles. The Morgan fingerprint density at radius 3 is 2.32 bits per heavy atom. The van der Waals surface area contributed by atoms with Crippen molar-refractivity contribution in [1.29, 1.82) is 0 Å². The number of hydrogen-bond acceptors (Lipinski definition) is 6. The molecule has 0 unspecified atom stereocenters. The lowest BCUT2D eigenvalue weighted by atomic mass is 10.0. The zero-order chi connectivity index (χ0) is 21.6. The van der Waals surface area contributed by atoms with Gasteiger partial charge in [0.25, 0.3) is 5.91 Å². The minimum atomic E-state index is -0.337. The fraction of sp³-hybridized carbons (Fsp3) is 0.0435. The number of anilines is 1. The van der Waals surface area contributed by atoms with Gasteiger partial charge in [-0.3, -0.25) is 14.9 Å². The highest BCUT2D eigenvalue weighted by Gasteiger charge is 2.13. The molecule has 3 aromatic carbocycles. The van der Waals surface area contributed by atoms with E-state index in [-0.39, 0.29) is 17.5 Å². The fourth-order valence-corrected chi connectivity index (χ4v) is 4.48. The molecule has 0 aliphatic heterocycles. The normalized spacial score (nSPS) is 10.6. The molecule has 31 heavy (non-hydrogen) atoms. The quantitative estimate of drug-likeness (QED) is 0.231. The van der Waals surface area contributed by atoms with Crippen molar-refractivity contribution in [2.75, 3.05) is 5.32 Å². The highest BCUT2D eigenvalue weighted by Crippen LogP contribution is 2.28. The molecule has 154 valence electrons. The average molecular weight is 450 g/mol. The average Bonchev–Trinajstić information content (AvgIpc) is 3.25. The highest BCUT2D eigenvalue weighted by molar-refractivity contribution is 8.00. The van der Waals surface area contributed by atoms with E-state index in [0.717, 1.165) is 5.56 Å². The summed E-state index contributed by atoms with van der Waals surface area (Å²) in [7, 11) is 0. The first kappa shape index (κ1) is 20.9. The highest BCUT2D eigenvalue weighted by atomic mass is 32.2. The van der Waals surface area contributed by atoms with Gasteiger partial charge in [-0.1, -0.05) is 77.7 Å². The van der Waals surface area contributed by atoms with E-state index in [1.165, 1.54) is 35.2 Å². The standard InChI is InChI=1S/C23H16FN3O2S2/c24-19-8-4-5-15(13-19)14-30-23-27-26-22(31-23)25-21(29)18-11-9-17(10-12-18)20(28)16-6-2-1-3-7-16/h1-13H,14H2,(H,25,26,29). The molecule has 0 fully saturated rings. The van der Waals surface area contributed by atoms with E-state index in [9.17, 15) is 14.0 Å². The van der Waals surface area contributed by atoms with Crippen LogP contribution >= 0.6 is 23.1 Å². The Hall–Kier alpha value is -3.36. The zero-order valence-electron chi connectivity index (χ0n) is 16.1. The predicted octanol–water partition coefficient (Wildman–Crippen LogP) is 5.45. The summed E-state index contributed by atoms with van der Waals surface area (Å²) >= 11 is 2.66. The number of benzene rings is 3. The number of carbonyl (C=O) groups excluding carboxylic acids is 2. The first-order valence-corrected chi connectivity index (χ1v) is 11.1. The summed E-state index contributed by atoms with van der Waals surface area (Å²) in [6.45, 7) is 0. The van der Waals surface area contributed by atoms with Gasteiger partial charge in [-0.05, 0) is 29.8 Å². The van der Waals surface area contributed by atoms with E-state index in [1.807, 2.05) is 24.3 Å². The van der Waals surface area contributed by atoms with Crippen LogP contribution in [0.25, 0.3) is 0 Å². The number of thioether (sulfide) groups is 1. The molecule has 0 atom stereocenters. The number of aromatic nitrogens is 2. The summed E-state index contributed by atoms with van der Waals surface area (Å²) < 4.78 is 13.9. The van der Waals surface area contributed by atoms with Gasteiger partial charge < -0.3 is 0 Å². The van der Waals surface area contributed by atoms with Crippen molar-refractivity contribution in [2.24, 2.45) is 0 Å². The Bertz CT molecular complexity index is 1210. The zero-order valence-corrected chi connectivity index (χ0v) is 17.8. The van der Waals surface area contributed by atoms with Crippen LogP contribution in [0.2, 0.25) is 0 Å². The molecular weight excluding hydrogens is 433 g/mol. The molecule has 0 bridgehead atoms. The lowest BCUT2D eigenvalue weighted by Gasteiger charge is -2.04. The van der Waals surface area contributed by atoms with Crippen molar-refractivity contribution >= 4 is 39.9 Å². The van der Waals surface area contributed by atoms with Crippen LogP contribution in [0.1, 0.15) is 31.8 Å². The molecule has 1 N–H and O–H groups in total. The van der Waals surface area contributed by atoms with E-state index >= 15 is 0 Å². The van der Waals surface area contributed by atoms with Crippen molar-refractivity contribution in [2.45, 2.75) is 10.1 Å². The van der Waals surface area contributed by atoms with Crippen LogP contribution in [0.5, 0.6) is 0 Å². The van der Waals surface area contributed by atoms with Gasteiger partial charge >= 0.3 is 0 Å². The largest absolute Gasteiger partial charge is 0.296 e. The molecule has 0 aliphatic carbocycles. The van der Waals surface area contributed by atoms with Gasteiger partial charge in [0.2, 0.25) is 5.13 Å². The maximum atomic E-state index is 13.3. The van der Waals surface area contributed by atoms with Crippen molar-refractivity contribution in [3.63, 3.8) is 0 Å². The van der Waals surface area contributed by atoms with Gasteiger partial charge in [-0.25, -0.2) is 4.39 Å². The Morgan fingerprint density at radius 2 is 1.58 bits per heavy atom. The smallest absolute Gasteiger partial charge is 0.257 e. The van der Waals surface area contributed by atoms with Crippen LogP contribution in [0.4, 0.5) is 9.52 Å². The SMILES string of the molecule is O=C(Nc1nnc(SCc2cccc(F)c2)s1)c1ccc(C(=O)c2ccccc2)cc1. The molecule has 0 aliphatic rings. The van der Waals surface area contributed by atoms with Crippen molar-refractivity contribution in [3.05, 3.63) is 107 Å². The molecule has 1 amide bonds. The maximum Gasteiger partial charge on any atom is 0.257 e. The summed E-state index contributed by atoms with van der Waals surface area (Å²) in [5.41, 5.74) is 2.36. The summed E-state index contributed by atoms with van der Waals surface area (Å²) in [5.74, 6) is -0.162. The van der Waals surface area contributed by atoms with Gasteiger partial charge in [-0.2, -0.15) is 0 Å². The first-order chi connectivity index (χ1) is 15.1. The van der Waals surface area contributed by atoms with Crippen LogP contribution in [0.15, 0.2) is 83.2 Å². The van der Waals surface area contributed by atoms with E-state index in [2.05, 4.69) is 15.5 Å².